The molecule has 0 aliphatic heterocycles. The first kappa shape index (κ1) is 23.4. The van der Waals surface area contributed by atoms with Crippen molar-refractivity contribution in [3.8, 4) is 22.8 Å². The van der Waals surface area contributed by atoms with Crippen molar-refractivity contribution in [3.63, 3.8) is 0 Å². The molecular formula is C26H22N4O5. The molecule has 0 unspecified atom stereocenters. The third kappa shape index (κ3) is 5.09. The number of carbonyl (C=O) groups is 1. The molecule has 9 heteroatoms. The van der Waals surface area contributed by atoms with Crippen molar-refractivity contribution >= 4 is 28.7 Å². The van der Waals surface area contributed by atoms with Crippen LogP contribution in [0.15, 0.2) is 71.8 Å². The second kappa shape index (κ2) is 10.0. The Morgan fingerprint density at radius 1 is 1.00 bits per heavy atom. The molecule has 1 amide bonds. The average molecular weight is 470 g/mol. The van der Waals surface area contributed by atoms with Crippen LogP contribution in [-0.2, 0) is 0 Å². The van der Waals surface area contributed by atoms with Gasteiger partial charge in [0.2, 0.25) is 0 Å². The first-order valence-corrected chi connectivity index (χ1v) is 10.6. The largest absolute Gasteiger partial charge is 0.493 e. The Bertz CT molecular complexity index is 1450. The summed E-state index contributed by atoms with van der Waals surface area (Å²) in [7, 11) is 3.12. The van der Waals surface area contributed by atoms with E-state index in [4.69, 9.17) is 14.5 Å². The Kier molecular flexibility index (Phi) is 6.68. The number of methoxy groups -OCH3 is 2. The van der Waals surface area contributed by atoms with Crippen LogP contribution in [0, 0.1) is 17.0 Å². The van der Waals surface area contributed by atoms with Gasteiger partial charge in [-0.05, 0) is 60.5 Å². The monoisotopic (exact) mass is 470 g/mol. The number of aryl methyl sites for hydroxylation is 1. The Labute approximate surface area is 201 Å². The number of amides is 1. The molecule has 3 aromatic carbocycles. The van der Waals surface area contributed by atoms with Crippen LogP contribution in [0.4, 0.5) is 5.69 Å². The van der Waals surface area contributed by atoms with Crippen molar-refractivity contribution in [2.24, 2.45) is 5.10 Å². The number of nitrogens with zero attached hydrogens (tertiary/aromatic N) is 3. The first-order valence-electron chi connectivity index (χ1n) is 10.6. The number of benzene rings is 3. The van der Waals surface area contributed by atoms with Gasteiger partial charge in [0, 0.05) is 23.1 Å². The van der Waals surface area contributed by atoms with Gasteiger partial charge in [-0.3, -0.25) is 14.9 Å². The SMILES string of the molecule is COc1ccc(-c2cc(C(=O)N/N=C\c3ccc([N+](=O)[O-])cc3)c3ccc(C)cc3n2)cc1OC. The molecule has 0 radical (unpaired) electrons. The average Bonchev–Trinajstić information content (AvgIpc) is 2.87. The maximum Gasteiger partial charge on any atom is 0.272 e. The van der Waals surface area contributed by atoms with Crippen LogP contribution in [0.25, 0.3) is 22.2 Å². The van der Waals surface area contributed by atoms with Crippen LogP contribution in [0.3, 0.4) is 0 Å². The molecule has 176 valence electrons. The van der Waals surface area contributed by atoms with Gasteiger partial charge in [-0.1, -0.05) is 12.1 Å². The predicted octanol–water partition coefficient (Wildman–Crippen LogP) is 4.90. The molecule has 0 saturated carbocycles. The molecule has 1 heterocycles. The maximum absolute atomic E-state index is 13.1. The number of carbonyl (C=O) groups excluding carboxylic acids is 1. The molecule has 1 N–H and O–H groups in total. The number of aromatic nitrogens is 1. The smallest absolute Gasteiger partial charge is 0.272 e. The van der Waals surface area contributed by atoms with Crippen LogP contribution in [-0.4, -0.2) is 36.2 Å². The highest BCUT2D eigenvalue weighted by atomic mass is 16.6. The van der Waals surface area contributed by atoms with Crippen LogP contribution in [0.2, 0.25) is 0 Å². The van der Waals surface area contributed by atoms with E-state index in [1.165, 1.54) is 18.3 Å². The summed E-state index contributed by atoms with van der Waals surface area (Å²) in [6.07, 6.45) is 1.42. The van der Waals surface area contributed by atoms with Crippen molar-refractivity contribution in [2.45, 2.75) is 6.92 Å². The number of non-ortho nitro benzene ring substituents is 1. The number of nitro groups is 1. The van der Waals surface area contributed by atoms with Gasteiger partial charge in [0.1, 0.15) is 0 Å². The minimum Gasteiger partial charge on any atom is -0.493 e. The Morgan fingerprint density at radius 3 is 2.43 bits per heavy atom. The van der Waals surface area contributed by atoms with E-state index in [-0.39, 0.29) is 5.69 Å². The molecule has 0 spiro atoms. The van der Waals surface area contributed by atoms with E-state index in [2.05, 4.69) is 10.5 Å². The van der Waals surface area contributed by atoms with Crippen LogP contribution in [0.5, 0.6) is 11.5 Å². The number of hydrogen-bond donors (Lipinski definition) is 1. The summed E-state index contributed by atoms with van der Waals surface area (Å²) in [5.41, 5.74) is 6.56. The van der Waals surface area contributed by atoms with Crippen LogP contribution >= 0.6 is 0 Å². The fourth-order valence-electron chi connectivity index (χ4n) is 3.58. The highest BCUT2D eigenvalue weighted by Crippen LogP contribution is 2.33. The molecule has 1 aromatic heterocycles. The lowest BCUT2D eigenvalue weighted by Gasteiger charge is -2.12. The molecule has 0 aliphatic rings. The third-order valence-electron chi connectivity index (χ3n) is 5.37. The van der Waals surface area contributed by atoms with Gasteiger partial charge in [-0.15, -0.1) is 0 Å². The lowest BCUT2D eigenvalue weighted by atomic mass is 10.0. The summed E-state index contributed by atoms with van der Waals surface area (Å²) >= 11 is 0. The molecule has 0 aliphatic carbocycles. The zero-order chi connectivity index (χ0) is 24.9. The summed E-state index contributed by atoms with van der Waals surface area (Å²) < 4.78 is 10.7. The standard InChI is InChI=1S/C26H22N4O5/c1-16-4-10-20-21(26(31)29-27-15-17-5-8-19(9-6-17)30(32)33)14-22(28-23(20)12-16)18-7-11-24(34-2)25(13-18)35-3/h4-15H,1-3H3,(H,29,31)/b27-15-. The maximum atomic E-state index is 13.1. The summed E-state index contributed by atoms with van der Waals surface area (Å²) in [6.45, 7) is 1.96. The van der Waals surface area contributed by atoms with Crippen LogP contribution < -0.4 is 14.9 Å². The lowest BCUT2D eigenvalue weighted by molar-refractivity contribution is -0.384. The molecule has 4 rings (SSSR count). The number of ether oxygens (including phenoxy) is 2. The van der Waals surface area contributed by atoms with Crippen molar-refractivity contribution in [2.75, 3.05) is 14.2 Å². The van der Waals surface area contributed by atoms with Crippen molar-refractivity contribution in [1.82, 2.24) is 10.4 Å². The van der Waals surface area contributed by atoms with Gasteiger partial charge in [0.05, 0.1) is 42.1 Å². The van der Waals surface area contributed by atoms with Gasteiger partial charge < -0.3 is 9.47 Å². The summed E-state index contributed by atoms with van der Waals surface area (Å²) in [6, 6.07) is 18.7. The topological polar surface area (TPSA) is 116 Å². The number of hydrazone groups is 1. The molecule has 9 nitrogen and oxygen atoms in total. The second-order valence-corrected chi connectivity index (χ2v) is 7.69. The van der Waals surface area contributed by atoms with E-state index in [0.717, 1.165) is 11.1 Å². The molecule has 0 bridgehead atoms. The summed E-state index contributed by atoms with van der Waals surface area (Å²) in [4.78, 5) is 28.2. The molecule has 0 fully saturated rings. The van der Waals surface area contributed by atoms with E-state index in [1.54, 1.807) is 44.6 Å². The quantitative estimate of drug-likeness (QED) is 0.233. The Hall–Kier alpha value is -4.79. The molecular weight excluding hydrogens is 448 g/mol. The highest BCUT2D eigenvalue weighted by Gasteiger charge is 2.15. The Morgan fingerprint density at radius 2 is 1.74 bits per heavy atom. The molecule has 4 aromatic rings. The van der Waals surface area contributed by atoms with Gasteiger partial charge in [0.25, 0.3) is 11.6 Å². The summed E-state index contributed by atoms with van der Waals surface area (Å²) in [5, 5.41) is 15.5. The van der Waals surface area contributed by atoms with Gasteiger partial charge in [-0.25, -0.2) is 10.4 Å². The van der Waals surface area contributed by atoms with Crippen molar-refractivity contribution < 1.29 is 19.2 Å². The van der Waals surface area contributed by atoms with Crippen molar-refractivity contribution in [3.05, 3.63) is 93.5 Å². The fraction of sp³-hybridized carbons (Fsp3) is 0.115. The van der Waals surface area contributed by atoms with E-state index < -0.39 is 10.8 Å². The Balaban J connectivity index is 1.68. The molecule has 35 heavy (non-hydrogen) atoms. The van der Waals surface area contributed by atoms with E-state index in [1.807, 2.05) is 31.2 Å². The number of fused-ring (bicyclic) bond motifs is 1. The molecule has 0 atom stereocenters. The van der Waals surface area contributed by atoms with Gasteiger partial charge >= 0.3 is 0 Å². The van der Waals surface area contributed by atoms with Gasteiger partial charge in [0.15, 0.2) is 11.5 Å². The van der Waals surface area contributed by atoms with Crippen molar-refractivity contribution in [1.29, 1.82) is 0 Å². The minimum absolute atomic E-state index is 0.0209. The summed E-state index contributed by atoms with van der Waals surface area (Å²) in [5.74, 6) is 0.724. The molecule has 0 saturated heterocycles. The van der Waals surface area contributed by atoms with Gasteiger partial charge in [-0.2, -0.15) is 5.10 Å². The number of nitrogens with one attached hydrogen (secondary N) is 1. The zero-order valence-corrected chi connectivity index (χ0v) is 19.3. The number of rotatable bonds is 7. The number of nitro benzene ring substituents is 1. The minimum atomic E-state index is -0.477. The fourth-order valence-corrected chi connectivity index (χ4v) is 3.58. The van der Waals surface area contributed by atoms with E-state index in [9.17, 15) is 14.9 Å². The lowest BCUT2D eigenvalue weighted by Crippen LogP contribution is -2.18. The first-order chi connectivity index (χ1) is 16.9. The number of pyridine rings is 1. The van der Waals surface area contributed by atoms with E-state index >= 15 is 0 Å². The normalized spacial score (nSPS) is 10.9. The highest BCUT2D eigenvalue weighted by molar-refractivity contribution is 6.07. The van der Waals surface area contributed by atoms with Crippen LogP contribution in [0.1, 0.15) is 21.5 Å². The third-order valence-corrected chi connectivity index (χ3v) is 5.37. The number of hydrogen-bond acceptors (Lipinski definition) is 7. The second-order valence-electron chi connectivity index (χ2n) is 7.69. The zero-order valence-electron chi connectivity index (χ0n) is 19.3. The predicted molar refractivity (Wildman–Crippen MR) is 133 cm³/mol. The van der Waals surface area contributed by atoms with E-state index in [0.29, 0.717) is 39.2 Å².